The van der Waals surface area contributed by atoms with Gasteiger partial charge in [0.1, 0.15) is 0 Å². The van der Waals surface area contributed by atoms with E-state index in [0.29, 0.717) is 0 Å². The highest BCUT2D eigenvalue weighted by Crippen LogP contribution is 2.29. The Bertz CT molecular complexity index is 670. The molecule has 8 nitrogen and oxygen atoms in total. The van der Waals surface area contributed by atoms with Crippen molar-refractivity contribution in [3.63, 3.8) is 0 Å². The molecule has 21 heavy (non-hydrogen) atoms. The van der Waals surface area contributed by atoms with Crippen molar-refractivity contribution >= 4 is 21.7 Å². The third kappa shape index (κ3) is 3.56. The Hall–Kier alpha value is -2.00. The van der Waals surface area contributed by atoms with Crippen LogP contribution in [0.4, 0.5) is 5.69 Å². The Balaban J connectivity index is 3.32. The van der Waals surface area contributed by atoms with Crippen LogP contribution in [0.1, 0.15) is 12.5 Å². The summed E-state index contributed by atoms with van der Waals surface area (Å²) >= 11 is 0. The molecule has 0 amide bonds. The van der Waals surface area contributed by atoms with E-state index in [9.17, 15) is 23.3 Å². The van der Waals surface area contributed by atoms with Crippen molar-refractivity contribution in [3.8, 4) is 0 Å². The second kappa shape index (κ2) is 6.19. The highest BCUT2D eigenvalue weighted by atomic mass is 32.2. The number of nitrogens with zero attached hydrogens (tertiary/aromatic N) is 2. The van der Waals surface area contributed by atoms with Gasteiger partial charge >= 0.3 is 5.97 Å². The van der Waals surface area contributed by atoms with Crippen LogP contribution in [0.5, 0.6) is 0 Å². The molecule has 0 aliphatic rings. The summed E-state index contributed by atoms with van der Waals surface area (Å²) in [5, 5.41) is 19.8. The number of sulfonamides is 1. The molecule has 0 saturated carbocycles. The van der Waals surface area contributed by atoms with Crippen LogP contribution >= 0.6 is 0 Å². The number of aryl methyl sites for hydroxylation is 1. The van der Waals surface area contributed by atoms with Gasteiger partial charge in [0.15, 0.2) is 4.90 Å². The normalized spacial score (nSPS) is 13.1. The first-order chi connectivity index (χ1) is 9.59. The molecule has 1 unspecified atom stereocenters. The van der Waals surface area contributed by atoms with Gasteiger partial charge in [-0.3, -0.25) is 14.9 Å². The average Bonchev–Trinajstić information content (AvgIpc) is 2.37. The molecule has 0 radical (unpaired) electrons. The van der Waals surface area contributed by atoms with Crippen molar-refractivity contribution < 1.29 is 23.2 Å². The largest absolute Gasteiger partial charge is 0.481 e. The lowest BCUT2D eigenvalue weighted by Gasteiger charge is -2.20. The van der Waals surface area contributed by atoms with Crippen LogP contribution in [0, 0.1) is 23.0 Å². The minimum atomic E-state index is -4.15. The zero-order valence-corrected chi connectivity index (χ0v) is 12.6. The molecule has 0 bridgehead atoms. The van der Waals surface area contributed by atoms with Crippen molar-refractivity contribution in [2.75, 3.05) is 13.6 Å². The highest BCUT2D eigenvalue weighted by molar-refractivity contribution is 7.89. The monoisotopic (exact) mass is 316 g/mol. The molecule has 1 N–H and O–H groups in total. The van der Waals surface area contributed by atoms with Crippen molar-refractivity contribution in [1.82, 2.24) is 4.31 Å². The van der Waals surface area contributed by atoms with Gasteiger partial charge in [-0.25, -0.2) is 8.42 Å². The average molecular weight is 316 g/mol. The standard InChI is InChI=1S/C12H16N2O6S/c1-8-5-4-6-10(14(17)18)11(8)21(19,20)13(3)7-9(2)12(15)16/h4-6,9H,7H2,1-3H3,(H,15,16). The number of carboxylic acids is 1. The summed E-state index contributed by atoms with van der Waals surface area (Å²) in [6.07, 6.45) is 0. The van der Waals surface area contributed by atoms with Crippen molar-refractivity contribution in [3.05, 3.63) is 33.9 Å². The van der Waals surface area contributed by atoms with Crippen LogP contribution in [0.15, 0.2) is 23.1 Å². The van der Waals surface area contributed by atoms with E-state index >= 15 is 0 Å². The fourth-order valence-electron chi connectivity index (χ4n) is 1.83. The van der Waals surface area contributed by atoms with Gasteiger partial charge in [0.05, 0.1) is 10.8 Å². The van der Waals surface area contributed by atoms with Crippen molar-refractivity contribution in [2.45, 2.75) is 18.7 Å². The van der Waals surface area contributed by atoms with Crippen LogP contribution in [0.3, 0.4) is 0 Å². The van der Waals surface area contributed by atoms with Gasteiger partial charge in [-0.2, -0.15) is 4.31 Å². The van der Waals surface area contributed by atoms with Crippen LogP contribution in [-0.2, 0) is 14.8 Å². The molecule has 116 valence electrons. The van der Waals surface area contributed by atoms with E-state index in [-0.39, 0.29) is 12.1 Å². The minimum absolute atomic E-state index is 0.235. The van der Waals surface area contributed by atoms with Gasteiger partial charge < -0.3 is 5.11 Å². The first-order valence-corrected chi connectivity index (χ1v) is 7.46. The number of aliphatic carboxylic acids is 1. The highest BCUT2D eigenvalue weighted by Gasteiger charge is 2.32. The van der Waals surface area contributed by atoms with Crippen molar-refractivity contribution in [1.29, 1.82) is 0 Å². The summed E-state index contributed by atoms with van der Waals surface area (Å²) in [7, 11) is -2.95. The second-order valence-corrected chi connectivity index (χ2v) is 6.69. The molecule has 0 saturated heterocycles. The first kappa shape index (κ1) is 17.1. The fraction of sp³-hybridized carbons (Fsp3) is 0.417. The minimum Gasteiger partial charge on any atom is -0.481 e. The summed E-state index contributed by atoms with van der Waals surface area (Å²) < 4.78 is 25.8. The number of carbonyl (C=O) groups is 1. The number of rotatable bonds is 6. The van der Waals surface area contributed by atoms with Crippen LogP contribution < -0.4 is 0 Å². The molecule has 1 aromatic rings. The topological polar surface area (TPSA) is 118 Å². The number of nitro benzene ring substituents is 1. The number of hydrogen-bond donors (Lipinski definition) is 1. The smallest absolute Gasteiger partial charge is 0.307 e. The summed E-state index contributed by atoms with van der Waals surface area (Å²) in [6.45, 7) is 2.54. The van der Waals surface area contributed by atoms with Gasteiger partial charge in [0.2, 0.25) is 10.0 Å². The fourth-order valence-corrected chi connectivity index (χ4v) is 3.45. The molecule has 1 aromatic carbocycles. The van der Waals surface area contributed by atoms with Gasteiger partial charge in [-0.05, 0) is 12.5 Å². The van der Waals surface area contributed by atoms with E-state index in [4.69, 9.17) is 5.11 Å². The molecule has 1 rings (SSSR count). The van der Waals surface area contributed by atoms with E-state index in [1.165, 1.54) is 33.0 Å². The van der Waals surface area contributed by atoms with Crippen molar-refractivity contribution in [2.24, 2.45) is 5.92 Å². The van der Waals surface area contributed by atoms with Gasteiger partial charge in [-0.15, -0.1) is 0 Å². The van der Waals surface area contributed by atoms with E-state index in [2.05, 4.69) is 0 Å². The first-order valence-electron chi connectivity index (χ1n) is 6.02. The summed E-state index contributed by atoms with van der Waals surface area (Å²) in [6, 6.07) is 3.95. The zero-order chi connectivity index (χ0) is 16.4. The number of hydrogen-bond acceptors (Lipinski definition) is 5. The Morgan fingerprint density at radius 1 is 1.48 bits per heavy atom. The maximum Gasteiger partial charge on any atom is 0.307 e. The molecule has 1 atom stereocenters. The molecule has 0 aliphatic carbocycles. The predicted octanol–water partition coefficient (Wildman–Crippen LogP) is 1.24. The Kier molecular flexibility index (Phi) is 5.02. The quantitative estimate of drug-likeness (QED) is 0.623. The van der Waals surface area contributed by atoms with E-state index in [0.717, 1.165) is 10.4 Å². The summed E-state index contributed by atoms with van der Waals surface area (Å²) in [4.78, 5) is 20.6. The number of nitro groups is 1. The third-order valence-corrected chi connectivity index (χ3v) is 5.03. The summed E-state index contributed by atoms with van der Waals surface area (Å²) in [5.74, 6) is -2.07. The van der Waals surface area contributed by atoms with Gasteiger partial charge in [0.25, 0.3) is 5.69 Å². The molecule has 0 heterocycles. The maximum atomic E-state index is 12.5. The van der Waals surface area contributed by atoms with Crippen LogP contribution in [0.25, 0.3) is 0 Å². The second-order valence-electron chi connectivity index (χ2n) is 4.71. The van der Waals surface area contributed by atoms with Crippen LogP contribution in [0.2, 0.25) is 0 Å². The van der Waals surface area contributed by atoms with Crippen LogP contribution in [-0.4, -0.2) is 42.3 Å². The molecular formula is C12H16N2O6S. The lowest BCUT2D eigenvalue weighted by Crippen LogP contribution is -2.34. The number of carboxylic acid groups (broad SMARTS) is 1. The predicted molar refractivity (Wildman–Crippen MR) is 74.4 cm³/mol. The molecule has 0 fully saturated rings. The zero-order valence-electron chi connectivity index (χ0n) is 11.8. The lowest BCUT2D eigenvalue weighted by molar-refractivity contribution is -0.387. The van der Waals surface area contributed by atoms with Gasteiger partial charge in [-0.1, -0.05) is 19.1 Å². The van der Waals surface area contributed by atoms with Gasteiger partial charge in [0, 0.05) is 19.7 Å². The molecule has 9 heteroatoms. The Morgan fingerprint density at radius 2 is 2.05 bits per heavy atom. The molecule has 0 spiro atoms. The van der Waals surface area contributed by atoms with E-state index in [1.54, 1.807) is 0 Å². The third-order valence-electron chi connectivity index (χ3n) is 3.01. The Morgan fingerprint density at radius 3 is 2.52 bits per heavy atom. The maximum absolute atomic E-state index is 12.5. The lowest BCUT2D eigenvalue weighted by atomic mass is 10.2. The number of benzene rings is 1. The SMILES string of the molecule is Cc1cccc([N+](=O)[O-])c1S(=O)(=O)N(C)CC(C)C(=O)O. The van der Waals surface area contributed by atoms with E-state index in [1.807, 2.05) is 0 Å². The Labute approximate surface area is 122 Å². The molecular weight excluding hydrogens is 300 g/mol. The van der Waals surface area contributed by atoms with E-state index < -0.39 is 37.4 Å². The summed E-state index contributed by atoms with van der Waals surface area (Å²) in [5.41, 5.74) is -0.288. The molecule has 0 aliphatic heterocycles. The molecule has 0 aromatic heterocycles.